The molecule has 0 unspecified atom stereocenters. The molecule has 1 amide bonds. The lowest BCUT2D eigenvalue weighted by molar-refractivity contribution is -0.116. The van der Waals surface area contributed by atoms with Crippen molar-refractivity contribution in [2.24, 2.45) is 5.14 Å². The zero-order valence-electron chi connectivity index (χ0n) is 11.6. The van der Waals surface area contributed by atoms with E-state index in [-0.39, 0.29) is 17.3 Å². The van der Waals surface area contributed by atoms with Gasteiger partial charge < -0.3 is 5.32 Å². The Morgan fingerprint density at radius 2 is 2.10 bits per heavy atom. The molecule has 9 heteroatoms. The highest BCUT2D eigenvalue weighted by Gasteiger charge is 2.14. The number of nitrogens with one attached hydrogen (secondary N) is 1. The van der Waals surface area contributed by atoms with Gasteiger partial charge in [-0.15, -0.1) is 5.10 Å². The number of nitrogens with two attached hydrogens (primary N) is 1. The zero-order chi connectivity index (χ0) is 15.6. The second-order valence-corrected chi connectivity index (χ2v) is 6.17. The lowest BCUT2D eigenvalue weighted by atomic mass is 10.1. The molecule has 0 aliphatic carbocycles. The number of rotatable bonds is 4. The lowest BCUT2D eigenvalue weighted by Gasteiger charge is -2.12. The second-order valence-electron chi connectivity index (χ2n) is 4.61. The number of aryl methyl sites for hydroxylation is 1. The molecule has 3 N–H and O–H groups in total. The summed E-state index contributed by atoms with van der Waals surface area (Å²) >= 11 is 0. The van der Waals surface area contributed by atoms with Crippen LogP contribution in [-0.4, -0.2) is 29.3 Å². The summed E-state index contributed by atoms with van der Waals surface area (Å²) in [6, 6.07) is 2.81. The highest BCUT2D eigenvalue weighted by molar-refractivity contribution is 7.89. The summed E-state index contributed by atoms with van der Waals surface area (Å²) in [5.41, 5.74) is 1.90. The van der Waals surface area contributed by atoms with Gasteiger partial charge in [-0.3, -0.25) is 4.79 Å². The van der Waals surface area contributed by atoms with Gasteiger partial charge >= 0.3 is 0 Å². The number of hydrogen-bond acceptors (Lipinski definition) is 5. The fraction of sp³-hybridized carbons (Fsp3) is 0.250. The SMILES string of the molecule is Cc1cc(S(N)(=O)=O)cc(NC(=O)Cn2ccnn2)c1C. The normalized spacial score (nSPS) is 11.4. The van der Waals surface area contributed by atoms with Crippen molar-refractivity contribution in [3.05, 3.63) is 35.7 Å². The Bertz CT molecular complexity index is 768. The first-order valence-corrected chi connectivity index (χ1v) is 7.60. The highest BCUT2D eigenvalue weighted by Crippen LogP contribution is 2.23. The zero-order valence-corrected chi connectivity index (χ0v) is 12.4. The number of carbonyl (C=O) groups excluding carboxylic acids is 1. The molecule has 21 heavy (non-hydrogen) atoms. The molecule has 112 valence electrons. The van der Waals surface area contributed by atoms with E-state index in [0.29, 0.717) is 5.69 Å². The van der Waals surface area contributed by atoms with Crippen LogP contribution < -0.4 is 10.5 Å². The third-order valence-electron chi connectivity index (χ3n) is 3.02. The highest BCUT2D eigenvalue weighted by atomic mass is 32.2. The Kier molecular flexibility index (Phi) is 4.05. The van der Waals surface area contributed by atoms with Crippen LogP contribution in [0.5, 0.6) is 0 Å². The summed E-state index contributed by atoms with van der Waals surface area (Å²) in [7, 11) is -3.83. The number of aromatic nitrogens is 3. The first-order valence-electron chi connectivity index (χ1n) is 6.05. The van der Waals surface area contributed by atoms with Gasteiger partial charge in [0.25, 0.3) is 0 Å². The van der Waals surface area contributed by atoms with Crippen molar-refractivity contribution in [1.82, 2.24) is 15.0 Å². The molecule has 0 atom stereocenters. The molecular formula is C12H15N5O3S. The van der Waals surface area contributed by atoms with Gasteiger partial charge in [-0.1, -0.05) is 5.21 Å². The minimum absolute atomic E-state index is 0.0158. The molecule has 1 aromatic carbocycles. The molecular weight excluding hydrogens is 294 g/mol. The van der Waals surface area contributed by atoms with Gasteiger partial charge in [0.15, 0.2) is 0 Å². The van der Waals surface area contributed by atoms with Crippen molar-refractivity contribution < 1.29 is 13.2 Å². The molecule has 1 aromatic heterocycles. The van der Waals surface area contributed by atoms with E-state index in [9.17, 15) is 13.2 Å². The third-order valence-corrected chi connectivity index (χ3v) is 3.91. The Labute approximate surface area is 122 Å². The van der Waals surface area contributed by atoms with E-state index in [0.717, 1.165) is 11.1 Å². The fourth-order valence-electron chi connectivity index (χ4n) is 1.77. The molecule has 0 aliphatic rings. The van der Waals surface area contributed by atoms with Gasteiger partial charge in [0, 0.05) is 11.9 Å². The Hall–Kier alpha value is -2.26. The number of nitrogens with zero attached hydrogens (tertiary/aromatic N) is 3. The number of amides is 1. The van der Waals surface area contributed by atoms with Crippen LogP contribution in [0, 0.1) is 13.8 Å². The van der Waals surface area contributed by atoms with E-state index in [1.165, 1.54) is 23.0 Å². The number of primary sulfonamides is 1. The predicted octanol–water partition coefficient (Wildman–Crippen LogP) is 0.181. The minimum atomic E-state index is -3.83. The van der Waals surface area contributed by atoms with Crippen LogP contribution >= 0.6 is 0 Å². The number of benzene rings is 1. The van der Waals surface area contributed by atoms with E-state index in [1.54, 1.807) is 20.0 Å². The maximum atomic E-state index is 11.9. The average molecular weight is 309 g/mol. The van der Waals surface area contributed by atoms with Crippen LogP contribution in [0.25, 0.3) is 0 Å². The molecule has 0 saturated heterocycles. The molecule has 2 rings (SSSR count). The van der Waals surface area contributed by atoms with Gasteiger partial charge in [0.1, 0.15) is 6.54 Å². The first kappa shape index (κ1) is 15.1. The molecule has 0 spiro atoms. The standard InChI is InChI=1S/C12H15N5O3S/c1-8-5-10(21(13,19)20)6-11(9(8)2)15-12(18)7-17-4-3-14-16-17/h3-6H,7H2,1-2H3,(H,15,18)(H2,13,19,20). The van der Waals surface area contributed by atoms with Gasteiger partial charge in [-0.25, -0.2) is 18.2 Å². The minimum Gasteiger partial charge on any atom is -0.324 e. The number of sulfonamides is 1. The van der Waals surface area contributed by atoms with Crippen LogP contribution in [-0.2, 0) is 21.4 Å². The Morgan fingerprint density at radius 3 is 2.67 bits per heavy atom. The molecule has 1 heterocycles. The van der Waals surface area contributed by atoms with Crippen molar-refractivity contribution in [3.8, 4) is 0 Å². The van der Waals surface area contributed by atoms with Crippen LogP contribution in [0.1, 0.15) is 11.1 Å². The van der Waals surface area contributed by atoms with Crippen LogP contribution in [0.15, 0.2) is 29.4 Å². The summed E-state index contributed by atoms with van der Waals surface area (Å²) < 4.78 is 24.2. The average Bonchev–Trinajstić information content (AvgIpc) is 2.86. The van der Waals surface area contributed by atoms with Crippen molar-refractivity contribution in [1.29, 1.82) is 0 Å². The monoisotopic (exact) mass is 309 g/mol. The third kappa shape index (κ3) is 3.64. The van der Waals surface area contributed by atoms with E-state index < -0.39 is 10.0 Å². The van der Waals surface area contributed by atoms with Crippen LogP contribution in [0.4, 0.5) is 5.69 Å². The quantitative estimate of drug-likeness (QED) is 0.834. The van der Waals surface area contributed by atoms with Crippen molar-refractivity contribution in [2.75, 3.05) is 5.32 Å². The summed E-state index contributed by atoms with van der Waals surface area (Å²) in [6.07, 6.45) is 3.02. The summed E-state index contributed by atoms with van der Waals surface area (Å²) in [5, 5.41) is 15.1. The Balaban J connectivity index is 2.27. The van der Waals surface area contributed by atoms with Crippen LogP contribution in [0.3, 0.4) is 0 Å². The summed E-state index contributed by atoms with van der Waals surface area (Å²) in [6.45, 7) is 3.52. The molecule has 2 aromatic rings. The maximum Gasteiger partial charge on any atom is 0.246 e. The lowest BCUT2D eigenvalue weighted by Crippen LogP contribution is -2.20. The number of anilines is 1. The van der Waals surface area contributed by atoms with Crippen molar-refractivity contribution >= 4 is 21.6 Å². The van der Waals surface area contributed by atoms with Gasteiger partial charge in [0.2, 0.25) is 15.9 Å². The molecule has 0 aliphatic heterocycles. The van der Waals surface area contributed by atoms with E-state index in [4.69, 9.17) is 5.14 Å². The van der Waals surface area contributed by atoms with Gasteiger partial charge in [-0.05, 0) is 37.1 Å². The molecule has 0 saturated carbocycles. The second kappa shape index (κ2) is 5.62. The summed E-state index contributed by atoms with van der Waals surface area (Å²) in [4.78, 5) is 11.9. The van der Waals surface area contributed by atoms with Crippen molar-refractivity contribution in [2.45, 2.75) is 25.3 Å². The molecule has 0 radical (unpaired) electrons. The first-order chi connectivity index (χ1) is 9.77. The maximum absolute atomic E-state index is 11.9. The molecule has 0 fully saturated rings. The van der Waals surface area contributed by atoms with Crippen molar-refractivity contribution in [3.63, 3.8) is 0 Å². The van der Waals surface area contributed by atoms with E-state index in [1.807, 2.05) is 0 Å². The fourth-order valence-corrected chi connectivity index (χ4v) is 2.40. The predicted molar refractivity (Wildman–Crippen MR) is 75.9 cm³/mol. The number of hydrogen-bond donors (Lipinski definition) is 2. The molecule has 8 nitrogen and oxygen atoms in total. The van der Waals surface area contributed by atoms with E-state index in [2.05, 4.69) is 15.6 Å². The topological polar surface area (TPSA) is 120 Å². The largest absolute Gasteiger partial charge is 0.324 e. The number of carbonyl (C=O) groups is 1. The Morgan fingerprint density at radius 1 is 1.38 bits per heavy atom. The van der Waals surface area contributed by atoms with Gasteiger partial charge in [0.05, 0.1) is 11.1 Å². The van der Waals surface area contributed by atoms with Gasteiger partial charge in [-0.2, -0.15) is 0 Å². The summed E-state index contributed by atoms with van der Waals surface area (Å²) in [5.74, 6) is -0.338. The van der Waals surface area contributed by atoms with E-state index >= 15 is 0 Å². The van der Waals surface area contributed by atoms with Crippen LogP contribution in [0.2, 0.25) is 0 Å². The smallest absolute Gasteiger partial charge is 0.246 e. The molecule has 0 bridgehead atoms.